The highest BCUT2D eigenvalue weighted by Crippen LogP contribution is 2.72. The summed E-state index contributed by atoms with van der Waals surface area (Å²) < 4.78 is 2.99. The van der Waals surface area contributed by atoms with Crippen LogP contribution >= 0.6 is 69.9 Å². The third kappa shape index (κ3) is 4.32. The van der Waals surface area contributed by atoms with Gasteiger partial charge in [-0.2, -0.15) is 0 Å². The molecule has 0 radical (unpaired) electrons. The summed E-state index contributed by atoms with van der Waals surface area (Å²) in [4.78, 5) is 43.6. The largest absolute Gasteiger partial charge is 0.459 e. The second-order valence-corrected chi connectivity index (χ2v) is 13.5. The number of nitrogens with one attached hydrogen (secondary N) is 1. The normalized spacial score (nSPS) is 30.9. The van der Waals surface area contributed by atoms with Gasteiger partial charge in [0.2, 0.25) is 9.70 Å². The maximum absolute atomic E-state index is 13.0. The molecule has 2 saturated heterocycles. The molecule has 13 heteroatoms. The minimum Gasteiger partial charge on any atom is -0.459 e. The highest BCUT2D eigenvalue weighted by molar-refractivity contribution is 8.26. The first-order chi connectivity index (χ1) is 14.9. The van der Waals surface area contributed by atoms with Gasteiger partial charge in [-0.1, -0.05) is 46.4 Å². The number of esters is 1. The Bertz CT molecular complexity index is 1020. The van der Waals surface area contributed by atoms with E-state index in [-0.39, 0.29) is 21.6 Å². The van der Waals surface area contributed by atoms with Crippen molar-refractivity contribution in [1.29, 1.82) is 0 Å². The Balaban J connectivity index is 1.50. The summed E-state index contributed by atoms with van der Waals surface area (Å²) in [6.07, 6.45) is 0.465. The van der Waals surface area contributed by atoms with E-state index in [9.17, 15) is 14.4 Å². The van der Waals surface area contributed by atoms with E-state index in [0.717, 1.165) is 11.8 Å². The first kappa shape index (κ1) is 24.3. The number of hydrogen-bond donors (Lipinski definition) is 1. The first-order valence-electron chi connectivity index (χ1n) is 9.40. The number of aliphatic imine (C=N–C) groups is 1. The number of carbonyl (C=O) groups excluding carboxylic acids is 3. The summed E-state index contributed by atoms with van der Waals surface area (Å²) in [5, 5.41) is 3.42. The number of amidine groups is 1. The topological polar surface area (TPSA) is 88.1 Å². The molecule has 0 aromatic heterocycles. The molecule has 2 heterocycles. The molecule has 3 aliphatic rings. The van der Waals surface area contributed by atoms with E-state index >= 15 is 0 Å². The molecule has 32 heavy (non-hydrogen) atoms. The minimum atomic E-state index is -1.73. The number of rotatable bonds is 4. The fraction of sp³-hybridized carbons (Fsp3) is 0.474. The number of thioether (sulfide) groups is 2. The van der Waals surface area contributed by atoms with E-state index < -0.39 is 32.7 Å². The Labute approximate surface area is 212 Å². The summed E-state index contributed by atoms with van der Waals surface area (Å²) in [5.41, 5.74) is -0.496. The smallest absolute Gasteiger partial charge is 0.333 e. The second kappa shape index (κ2) is 8.43. The lowest BCUT2D eigenvalue weighted by Crippen LogP contribution is -2.72. The van der Waals surface area contributed by atoms with Crippen molar-refractivity contribution < 1.29 is 19.1 Å². The number of ether oxygens (including phenoxy) is 1. The molecule has 1 aromatic carbocycles. The summed E-state index contributed by atoms with van der Waals surface area (Å²) >= 11 is 25.4. The number of hydrogen-bond acceptors (Lipinski definition) is 7. The molecule has 172 valence electrons. The number of carbonyl (C=O) groups is 3. The molecule has 1 amide bonds. The van der Waals surface area contributed by atoms with Gasteiger partial charge in [-0.3, -0.25) is 9.59 Å². The van der Waals surface area contributed by atoms with Gasteiger partial charge >= 0.3 is 5.97 Å². The van der Waals surface area contributed by atoms with Crippen LogP contribution in [-0.4, -0.2) is 59.2 Å². The average molecular weight is 557 g/mol. The van der Waals surface area contributed by atoms with E-state index in [2.05, 4.69) is 10.3 Å². The van der Waals surface area contributed by atoms with Crippen molar-refractivity contribution in [2.45, 2.75) is 45.8 Å². The number of benzene rings is 1. The van der Waals surface area contributed by atoms with E-state index in [1.807, 2.05) is 6.92 Å². The Morgan fingerprint density at radius 2 is 2.00 bits per heavy atom. The molecule has 1 saturated carbocycles. The predicted octanol–water partition coefficient (Wildman–Crippen LogP) is 4.30. The molecule has 3 unspecified atom stereocenters. The Kier molecular flexibility index (Phi) is 6.40. The summed E-state index contributed by atoms with van der Waals surface area (Å²) in [5.74, 6) is -0.858. The Morgan fingerprint density at radius 1 is 1.34 bits per heavy atom. The molecule has 1 aliphatic carbocycles. The predicted molar refractivity (Wildman–Crippen MR) is 129 cm³/mol. The van der Waals surface area contributed by atoms with Crippen LogP contribution in [0.4, 0.5) is 5.69 Å². The van der Waals surface area contributed by atoms with Crippen LogP contribution in [0.15, 0.2) is 29.3 Å². The summed E-state index contributed by atoms with van der Waals surface area (Å²) in [6, 6.07) is 6.13. The number of amides is 1. The maximum Gasteiger partial charge on any atom is 0.333 e. The summed E-state index contributed by atoms with van der Waals surface area (Å²) in [6.45, 7) is 2.92. The fourth-order valence-corrected chi connectivity index (χ4v) is 6.76. The van der Waals surface area contributed by atoms with Gasteiger partial charge in [0, 0.05) is 18.4 Å². The van der Waals surface area contributed by atoms with Crippen molar-refractivity contribution in [2.75, 3.05) is 6.61 Å². The van der Waals surface area contributed by atoms with Crippen LogP contribution in [0.1, 0.15) is 20.3 Å². The minimum absolute atomic E-state index is 0.186. The third-order valence-corrected chi connectivity index (χ3v) is 8.46. The molecular weight excluding hydrogens is 540 g/mol. The van der Waals surface area contributed by atoms with Crippen LogP contribution in [0.3, 0.4) is 0 Å². The lowest BCUT2D eigenvalue weighted by atomic mass is 10.0. The van der Waals surface area contributed by atoms with Crippen molar-refractivity contribution in [3.8, 4) is 0 Å². The summed E-state index contributed by atoms with van der Waals surface area (Å²) in [7, 11) is 0. The van der Waals surface area contributed by atoms with Crippen LogP contribution in [0, 0.1) is 0 Å². The van der Waals surface area contributed by atoms with Gasteiger partial charge in [0.15, 0.2) is 15.8 Å². The second-order valence-electron chi connectivity index (χ2n) is 7.78. The van der Waals surface area contributed by atoms with Gasteiger partial charge in [0.25, 0.3) is 0 Å². The molecule has 0 bridgehead atoms. The van der Waals surface area contributed by atoms with Crippen molar-refractivity contribution in [3.05, 3.63) is 29.3 Å². The van der Waals surface area contributed by atoms with Crippen LogP contribution in [0.25, 0.3) is 0 Å². The zero-order chi connectivity index (χ0) is 23.5. The van der Waals surface area contributed by atoms with Gasteiger partial charge < -0.3 is 15.0 Å². The lowest BCUT2D eigenvalue weighted by molar-refractivity contribution is -0.165. The molecule has 2 aliphatic heterocycles. The molecule has 1 N–H and O–H groups in total. The number of nitrogens with zero attached hydrogens (tertiary/aromatic N) is 2. The number of halogens is 4. The quantitative estimate of drug-likeness (QED) is 0.194. The molecule has 4 rings (SSSR count). The lowest BCUT2D eigenvalue weighted by Gasteiger charge is -2.46. The Morgan fingerprint density at radius 3 is 2.59 bits per heavy atom. The molecule has 1 aromatic rings. The number of β-lactam (4-membered cyclic amide) rings is 1. The van der Waals surface area contributed by atoms with Crippen molar-refractivity contribution in [2.24, 2.45) is 4.99 Å². The molecule has 0 spiro atoms. The van der Waals surface area contributed by atoms with Crippen LogP contribution in [0.2, 0.25) is 5.02 Å². The fourth-order valence-electron chi connectivity index (χ4n) is 3.95. The van der Waals surface area contributed by atoms with Crippen LogP contribution in [-0.2, 0) is 19.1 Å². The zero-order valence-electron chi connectivity index (χ0n) is 16.7. The monoisotopic (exact) mass is 555 g/mol. The number of alkyl halides is 3. The molecule has 4 atom stereocenters. The maximum atomic E-state index is 13.0. The SMILES string of the molecule is CC(=O)S/C(=N\c1ccc(Cl)cc1)NC1C(=O)N2[C@@H]1SC1(C)CC21C(=O)OCC(Cl)(Cl)Cl. The standard InChI is InChI=1S/C19H17Cl4N3O4S2/c1-9(27)31-16(24-11-5-3-10(20)4-6-11)25-12-13(28)26-14(12)32-17(2)7-18(17,26)15(29)30-8-19(21,22)23/h3-6,12,14H,7-8H2,1-2H3,(H,24,25)/t12?,14-,17?,18?/m1/s1. The third-order valence-electron chi connectivity index (χ3n) is 5.46. The van der Waals surface area contributed by atoms with Gasteiger partial charge in [-0.05, 0) is 43.0 Å². The van der Waals surface area contributed by atoms with Crippen molar-refractivity contribution in [3.63, 3.8) is 0 Å². The van der Waals surface area contributed by atoms with Gasteiger partial charge in [-0.15, -0.1) is 11.8 Å². The molecule has 7 nitrogen and oxygen atoms in total. The van der Waals surface area contributed by atoms with E-state index in [0.29, 0.717) is 17.1 Å². The van der Waals surface area contributed by atoms with Crippen molar-refractivity contribution in [1.82, 2.24) is 10.2 Å². The van der Waals surface area contributed by atoms with Gasteiger partial charge in [0.1, 0.15) is 18.0 Å². The van der Waals surface area contributed by atoms with Crippen LogP contribution < -0.4 is 5.32 Å². The van der Waals surface area contributed by atoms with Gasteiger partial charge in [-0.25, -0.2) is 9.79 Å². The number of fused-ring (bicyclic) bond motifs is 3. The average Bonchev–Trinajstić information content (AvgIpc) is 3.22. The van der Waals surface area contributed by atoms with Crippen molar-refractivity contribution >= 4 is 97.8 Å². The highest BCUT2D eigenvalue weighted by Gasteiger charge is 2.85. The Hall–Kier alpha value is -0.840. The zero-order valence-corrected chi connectivity index (χ0v) is 21.4. The first-order valence-corrected chi connectivity index (χ1v) is 12.6. The molecule has 3 fully saturated rings. The van der Waals surface area contributed by atoms with Crippen LogP contribution in [0.5, 0.6) is 0 Å². The van der Waals surface area contributed by atoms with E-state index in [4.69, 9.17) is 51.1 Å². The van der Waals surface area contributed by atoms with E-state index in [1.165, 1.54) is 23.6 Å². The van der Waals surface area contributed by atoms with Gasteiger partial charge in [0.05, 0.1) is 10.4 Å². The highest BCUT2D eigenvalue weighted by atomic mass is 35.6. The van der Waals surface area contributed by atoms with E-state index in [1.54, 1.807) is 24.3 Å². The molecular formula is C19H17Cl4N3O4S2.